The number of carbonyl (C=O) groups is 2. The first-order valence-electron chi connectivity index (χ1n) is 10.1. The van der Waals surface area contributed by atoms with Gasteiger partial charge in [0.05, 0.1) is 33.0 Å². The van der Waals surface area contributed by atoms with E-state index in [4.69, 9.17) is 22.1 Å². The molecule has 3 N–H and O–H groups in total. The van der Waals surface area contributed by atoms with Crippen LogP contribution in [0.15, 0.2) is 41.6 Å². The van der Waals surface area contributed by atoms with Crippen LogP contribution in [-0.4, -0.2) is 53.6 Å². The van der Waals surface area contributed by atoms with Gasteiger partial charge < -0.3 is 15.6 Å². The number of hydrogen-bond donors (Lipinski definition) is 2. The minimum atomic E-state index is -4.08. The van der Waals surface area contributed by atoms with Crippen molar-refractivity contribution in [1.29, 1.82) is 5.26 Å². The third-order valence-electron chi connectivity index (χ3n) is 6.95. The molecule has 0 aliphatic heterocycles. The van der Waals surface area contributed by atoms with E-state index < -0.39 is 49.8 Å². The first-order chi connectivity index (χ1) is 15.5. The summed E-state index contributed by atoms with van der Waals surface area (Å²) in [5.74, 6) is -3.20. The normalized spacial score (nSPS) is 31.1. The molecule has 2 aromatic rings. The summed E-state index contributed by atoms with van der Waals surface area (Å²) in [6.07, 6.45) is 1.70. The van der Waals surface area contributed by atoms with Crippen LogP contribution in [-0.2, 0) is 24.2 Å². The largest absolute Gasteiger partial charge is 0.481 e. The third kappa shape index (κ3) is 3.32. The molecule has 0 radical (unpaired) electrons. The molecular weight excluding hydrogens is 472 g/mol. The highest BCUT2D eigenvalue weighted by Gasteiger charge is 2.75. The predicted octanol–water partition coefficient (Wildman–Crippen LogP) is 1.56. The summed E-state index contributed by atoms with van der Waals surface area (Å²) in [5, 5.41) is 22.6. The lowest BCUT2D eigenvalue weighted by atomic mass is 9.75. The van der Waals surface area contributed by atoms with Gasteiger partial charge >= 0.3 is 5.97 Å². The fourth-order valence-corrected chi connectivity index (χ4v) is 7.49. The van der Waals surface area contributed by atoms with E-state index in [1.807, 2.05) is 6.07 Å². The van der Waals surface area contributed by atoms with E-state index in [9.17, 15) is 28.4 Å². The van der Waals surface area contributed by atoms with Crippen molar-refractivity contribution in [2.75, 3.05) is 7.11 Å². The number of amides is 1. The van der Waals surface area contributed by atoms with Crippen LogP contribution in [0.2, 0.25) is 5.02 Å². The number of ether oxygens (including phenoxy) is 1. The van der Waals surface area contributed by atoms with Gasteiger partial charge in [-0.2, -0.15) is 10.4 Å². The van der Waals surface area contributed by atoms with Gasteiger partial charge in [0, 0.05) is 25.4 Å². The number of nitrogens with two attached hydrogens (primary N) is 1. The predicted molar refractivity (Wildman–Crippen MR) is 115 cm³/mol. The standard InChI is InChI=1S/C21H21ClN4O6S/c1-32-17-8-13(9-21(17,19(28)29)16-10-20(16,11-23)18(24)27)33(30,31)15-4-3-12(7-14(15)22)26-6-2-5-25-26/h2-7,13,16-17H,8-10H2,1H3,(H2,24,27)(H,28,29)/t13-,16?,17+,20?,21+/m1/s1. The highest BCUT2D eigenvalue weighted by Crippen LogP contribution is 2.66. The molecule has 1 aromatic carbocycles. The number of sulfone groups is 1. The maximum absolute atomic E-state index is 13.5. The van der Waals surface area contributed by atoms with Gasteiger partial charge in [0.15, 0.2) is 9.84 Å². The summed E-state index contributed by atoms with van der Waals surface area (Å²) in [5.41, 5.74) is 2.55. The first-order valence-corrected chi connectivity index (χ1v) is 12.0. The van der Waals surface area contributed by atoms with Crippen molar-refractivity contribution < 1.29 is 27.9 Å². The molecule has 5 atom stereocenters. The van der Waals surface area contributed by atoms with Crippen molar-refractivity contribution in [3.8, 4) is 11.8 Å². The molecule has 4 rings (SSSR count). The summed E-state index contributed by atoms with van der Waals surface area (Å²) in [6.45, 7) is 0. The molecular formula is C21H21ClN4O6S. The molecule has 33 heavy (non-hydrogen) atoms. The Kier molecular flexibility index (Phi) is 5.51. The Hall–Kier alpha value is -2.94. The van der Waals surface area contributed by atoms with Gasteiger partial charge in [-0.1, -0.05) is 11.6 Å². The van der Waals surface area contributed by atoms with E-state index >= 15 is 0 Å². The molecule has 1 amide bonds. The Morgan fingerprint density at radius 1 is 1.39 bits per heavy atom. The second kappa shape index (κ2) is 7.83. The molecule has 12 heteroatoms. The Morgan fingerprint density at radius 2 is 2.12 bits per heavy atom. The van der Waals surface area contributed by atoms with Crippen LogP contribution in [0.3, 0.4) is 0 Å². The highest BCUT2D eigenvalue weighted by atomic mass is 35.5. The lowest BCUT2D eigenvalue weighted by Crippen LogP contribution is -2.44. The minimum Gasteiger partial charge on any atom is -0.481 e. The van der Waals surface area contributed by atoms with Crippen LogP contribution in [0.4, 0.5) is 0 Å². The summed E-state index contributed by atoms with van der Waals surface area (Å²) in [7, 11) is -2.79. The molecule has 1 aromatic heterocycles. The van der Waals surface area contributed by atoms with Gasteiger partial charge in [-0.25, -0.2) is 13.1 Å². The topological polar surface area (TPSA) is 165 Å². The van der Waals surface area contributed by atoms with Crippen molar-refractivity contribution >= 4 is 33.3 Å². The molecule has 174 valence electrons. The second-order valence-electron chi connectivity index (χ2n) is 8.45. The van der Waals surface area contributed by atoms with Crippen LogP contribution < -0.4 is 5.73 Å². The van der Waals surface area contributed by atoms with Crippen molar-refractivity contribution in [2.24, 2.45) is 22.5 Å². The van der Waals surface area contributed by atoms with Gasteiger partial charge in [-0.15, -0.1) is 0 Å². The van der Waals surface area contributed by atoms with Crippen molar-refractivity contribution in [1.82, 2.24) is 9.78 Å². The van der Waals surface area contributed by atoms with E-state index in [-0.39, 0.29) is 29.2 Å². The van der Waals surface area contributed by atoms with E-state index in [0.29, 0.717) is 5.69 Å². The average molecular weight is 493 g/mol. The van der Waals surface area contributed by atoms with E-state index in [0.717, 1.165) is 0 Å². The number of methoxy groups -OCH3 is 1. The lowest BCUT2D eigenvalue weighted by molar-refractivity contribution is -0.159. The Bertz CT molecular complexity index is 1270. The number of rotatable bonds is 7. The van der Waals surface area contributed by atoms with Crippen molar-refractivity contribution in [3.05, 3.63) is 41.7 Å². The molecule has 0 spiro atoms. The SMILES string of the molecule is CO[C@H]1C[C@@H](S(=O)(=O)c2ccc(-n3cccn3)cc2Cl)C[C@]1(C(=O)O)C1CC1(C#N)C(N)=O. The minimum absolute atomic E-state index is 0.0280. The van der Waals surface area contributed by atoms with E-state index in [1.165, 1.54) is 23.9 Å². The number of hydrogen-bond acceptors (Lipinski definition) is 7. The van der Waals surface area contributed by atoms with Gasteiger partial charge in [0.2, 0.25) is 5.91 Å². The van der Waals surface area contributed by atoms with E-state index in [2.05, 4.69) is 5.10 Å². The smallest absolute Gasteiger partial charge is 0.312 e. The molecule has 2 saturated carbocycles. The number of nitrogens with zero attached hydrogens (tertiary/aromatic N) is 3. The van der Waals surface area contributed by atoms with E-state index in [1.54, 1.807) is 24.5 Å². The monoisotopic (exact) mass is 492 g/mol. The fraction of sp³-hybridized carbons (Fsp3) is 0.429. The third-order valence-corrected chi connectivity index (χ3v) is 9.58. The molecule has 10 nitrogen and oxygen atoms in total. The molecule has 1 heterocycles. The number of carbonyl (C=O) groups excluding carboxylic acids is 1. The first kappa shape index (κ1) is 23.2. The number of aromatic nitrogens is 2. The zero-order chi connectivity index (χ0) is 24.2. The molecule has 0 bridgehead atoms. The van der Waals surface area contributed by atoms with Crippen LogP contribution in [0.1, 0.15) is 19.3 Å². The Balaban J connectivity index is 1.71. The molecule has 2 aliphatic carbocycles. The van der Waals surface area contributed by atoms with Gasteiger partial charge in [-0.3, -0.25) is 9.59 Å². The maximum Gasteiger partial charge on any atom is 0.312 e. The van der Waals surface area contributed by atoms with Crippen molar-refractivity contribution in [3.63, 3.8) is 0 Å². The fourth-order valence-electron chi connectivity index (χ4n) is 5.12. The van der Waals surface area contributed by atoms with Crippen LogP contribution in [0, 0.1) is 28.1 Å². The molecule has 0 saturated heterocycles. The van der Waals surface area contributed by atoms with Crippen molar-refractivity contribution in [2.45, 2.75) is 35.5 Å². The number of nitriles is 1. The number of benzene rings is 1. The second-order valence-corrected chi connectivity index (χ2v) is 11.0. The number of carboxylic acid groups (broad SMARTS) is 1. The maximum atomic E-state index is 13.5. The number of primary amides is 1. The summed E-state index contributed by atoms with van der Waals surface area (Å²) < 4.78 is 34.0. The zero-order valence-corrected chi connectivity index (χ0v) is 19.1. The number of halogens is 1. The quantitative estimate of drug-likeness (QED) is 0.587. The Morgan fingerprint density at radius 3 is 2.61 bits per heavy atom. The summed E-state index contributed by atoms with van der Waals surface area (Å²) >= 11 is 6.33. The van der Waals surface area contributed by atoms with Gasteiger partial charge in [0.1, 0.15) is 10.8 Å². The lowest BCUT2D eigenvalue weighted by Gasteiger charge is -2.31. The number of carboxylic acids is 1. The molecule has 2 aliphatic rings. The highest BCUT2D eigenvalue weighted by molar-refractivity contribution is 7.92. The summed E-state index contributed by atoms with van der Waals surface area (Å²) in [4.78, 5) is 24.3. The van der Waals surface area contributed by atoms with Gasteiger partial charge in [-0.05, 0) is 43.5 Å². The Labute approximate surface area is 194 Å². The summed E-state index contributed by atoms with van der Waals surface area (Å²) in [6, 6.07) is 7.92. The van der Waals surface area contributed by atoms with Crippen LogP contribution in [0.25, 0.3) is 5.69 Å². The number of aliphatic carboxylic acids is 1. The van der Waals surface area contributed by atoms with Crippen LogP contribution >= 0.6 is 11.6 Å². The van der Waals surface area contributed by atoms with Gasteiger partial charge in [0.25, 0.3) is 0 Å². The molecule has 2 fully saturated rings. The zero-order valence-electron chi connectivity index (χ0n) is 17.5. The molecule has 2 unspecified atom stereocenters. The average Bonchev–Trinajstić information content (AvgIpc) is 3.13. The van der Waals surface area contributed by atoms with Crippen LogP contribution in [0.5, 0.6) is 0 Å².